The minimum atomic E-state index is -0.754. The second kappa shape index (κ2) is 7.29. The molecule has 8 heteroatoms. The molecule has 0 bridgehead atoms. The van der Waals surface area contributed by atoms with Gasteiger partial charge in [-0.05, 0) is 34.6 Å². The Bertz CT molecular complexity index is 677. The minimum Gasteiger partial charge on any atom is -0.463 e. The van der Waals surface area contributed by atoms with Crippen LogP contribution in [0.15, 0.2) is 27.2 Å². The topological polar surface area (TPSA) is 104 Å². The molecule has 2 heterocycles. The number of carbonyl (C=O) groups excluding carboxylic acids is 2. The average molecular weight is 335 g/mol. The van der Waals surface area contributed by atoms with E-state index in [1.807, 2.05) is 0 Å². The zero-order valence-electron chi connectivity index (χ0n) is 14.4. The fourth-order valence-corrected chi connectivity index (χ4v) is 2.73. The van der Waals surface area contributed by atoms with Gasteiger partial charge in [-0.1, -0.05) is 10.3 Å². The molecule has 1 aromatic rings. The average Bonchev–Trinajstić information content (AvgIpc) is 2.92. The smallest absolute Gasteiger partial charge is 0.336 e. The zero-order valence-corrected chi connectivity index (χ0v) is 14.4. The van der Waals surface area contributed by atoms with Crippen molar-refractivity contribution in [2.45, 2.75) is 40.5 Å². The number of dihydropyridines is 1. The molecule has 0 aliphatic carbocycles. The lowest BCUT2D eigenvalue weighted by Crippen LogP contribution is -2.33. The number of aryl methyl sites for hydroxylation is 1. The molecule has 0 aromatic carbocycles. The van der Waals surface area contributed by atoms with Gasteiger partial charge in [-0.2, -0.15) is 0 Å². The summed E-state index contributed by atoms with van der Waals surface area (Å²) in [4.78, 5) is 25.0. The Hall–Kier alpha value is -2.64. The molecule has 0 fully saturated rings. The van der Waals surface area contributed by atoms with Crippen molar-refractivity contribution in [3.05, 3.63) is 33.9 Å². The molecule has 1 aromatic heterocycles. The number of nitrogens with one attached hydrogen (secondary N) is 1. The third-order valence-corrected chi connectivity index (χ3v) is 3.71. The van der Waals surface area contributed by atoms with Crippen LogP contribution in [0, 0.1) is 6.92 Å². The van der Waals surface area contributed by atoms with E-state index in [9.17, 15) is 9.59 Å². The molecule has 130 valence electrons. The summed E-state index contributed by atoms with van der Waals surface area (Å²) in [5.74, 6) is -1.80. The van der Waals surface area contributed by atoms with E-state index < -0.39 is 17.9 Å². The molecule has 0 spiro atoms. The number of nitrogens with zero attached hydrogens (tertiary/aromatic N) is 2. The van der Waals surface area contributed by atoms with Crippen LogP contribution in [0.3, 0.4) is 0 Å². The Morgan fingerprint density at radius 1 is 1.00 bits per heavy atom. The van der Waals surface area contributed by atoms with E-state index in [0.717, 1.165) is 0 Å². The quantitative estimate of drug-likeness (QED) is 0.812. The highest BCUT2D eigenvalue weighted by atomic mass is 16.6. The molecule has 1 aliphatic rings. The summed E-state index contributed by atoms with van der Waals surface area (Å²) in [5.41, 5.74) is 2.65. The monoisotopic (exact) mass is 335 g/mol. The molecule has 0 amide bonds. The summed E-state index contributed by atoms with van der Waals surface area (Å²) in [6.45, 7) is 9.06. The highest BCUT2D eigenvalue weighted by molar-refractivity contribution is 5.99. The molecule has 0 atom stereocenters. The first-order valence-corrected chi connectivity index (χ1v) is 7.74. The van der Waals surface area contributed by atoms with Gasteiger partial charge in [0.2, 0.25) is 0 Å². The summed E-state index contributed by atoms with van der Waals surface area (Å²) in [6, 6.07) is 0. The highest BCUT2D eigenvalue weighted by Crippen LogP contribution is 2.39. The number of hydrogen-bond acceptors (Lipinski definition) is 8. The van der Waals surface area contributed by atoms with Crippen LogP contribution < -0.4 is 5.32 Å². The van der Waals surface area contributed by atoms with Crippen LogP contribution in [0.5, 0.6) is 0 Å². The number of ether oxygens (including phenoxy) is 2. The Morgan fingerprint density at radius 2 is 1.50 bits per heavy atom. The first-order valence-electron chi connectivity index (χ1n) is 7.74. The van der Waals surface area contributed by atoms with Gasteiger partial charge < -0.3 is 14.8 Å². The summed E-state index contributed by atoms with van der Waals surface area (Å²) >= 11 is 0. The lowest BCUT2D eigenvalue weighted by atomic mass is 9.82. The number of rotatable bonds is 5. The van der Waals surface area contributed by atoms with Crippen LogP contribution in [0.25, 0.3) is 0 Å². The van der Waals surface area contributed by atoms with Gasteiger partial charge in [-0.3, -0.25) is 0 Å². The number of aromatic nitrogens is 2. The van der Waals surface area contributed by atoms with Gasteiger partial charge in [0.05, 0.1) is 30.3 Å². The number of carbonyl (C=O) groups is 2. The van der Waals surface area contributed by atoms with Crippen LogP contribution in [0.4, 0.5) is 0 Å². The van der Waals surface area contributed by atoms with E-state index >= 15 is 0 Å². The van der Waals surface area contributed by atoms with Gasteiger partial charge >= 0.3 is 11.9 Å². The van der Waals surface area contributed by atoms with Crippen LogP contribution in [-0.2, 0) is 19.1 Å². The molecule has 1 aliphatic heterocycles. The molecule has 24 heavy (non-hydrogen) atoms. The largest absolute Gasteiger partial charge is 0.463 e. The number of allylic oxidation sites excluding steroid dienone is 2. The van der Waals surface area contributed by atoms with E-state index in [-0.39, 0.29) is 13.2 Å². The molecule has 8 nitrogen and oxygen atoms in total. The molecular weight excluding hydrogens is 314 g/mol. The van der Waals surface area contributed by atoms with Crippen molar-refractivity contribution in [1.29, 1.82) is 0 Å². The van der Waals surface area contributed by atoms with Crippen molar-refractivity contribution in [1.82, 2.24) is 15.6 Å². The van der Waals surface area contributed by atoms with Gasteiger partial charge in [-0.25, -0.2) is 14.2 Å². The summed E-state index contributed by atoms with van der Waals surface area (Å²) in [5, 5.41) is 10.7. The normalized spacial score (nSPS) is 15.4. The third kappa shape index (κ3) is 3.17. The number of hydrogen-bond donors (Lipinski definition) is 1. The summed E-state index contributed by atoms with van der Waals surface area (Å²) in [6.07, 6.45) is 0. The van der Waals surface area contributed by atoms with Crippen molar-refractivity contribution < 1.29 is 23.7 Å². The first kappa shape index (κ1) is 17.7. The lowest BCUT2D eigenvalue weighted by Gasteiger charge is -2.28. The fraction of sp³-hybridized carbons (Fsp3) is 0.500. The van der Waals surface area contributed by atoms with E-state index in [0.29, 0.717) is 33.9 Å². The van der Waals surface area contributed by atoms with Crippen molar-refractivity contribution in [3.63, 3.8) is 0 Å². The first-order chi connectivity index (χ1) is 11.4. The predicted molar refractivity (Wildman–Crippen MR) is 83.6 cm³/mol. The van der Waals surface area contributed by atoms with Gasteiger partial charge in [0.1, 0.15) is 11.4 Å². The molecule has 1 N–H and O–H groups in total. The molecule has 0 radical (unpaired) electrons. The Labute approximate surface area is 139 Å². The van der Waals surface area contributed by atoms with Gasteiger partial charge in [0, 0.05) is 11.4 Å². The van der Waals surface area contributed by atoms with Crippen LogP contribution in [0.1, 0.15) is 45.0 Å². The molecule has 2 rings (SSSR count). The Kier molecular flexibility index (Phi) is 5.38. The minimum absolute atomic E-state index is 0.218. The van der Waals surface area contributed by atoms with E-state index in [4.69, 9.17) is 14.1 Å². The lowest BCUT2D eigenvalue weighted by molar-refractivity contribution is -0.139. The SMILES string of the molecule is CCOC(=O)C1=C(C)NC(C)=C(C(=O)OCC)C1c1nonc1C. The zero-order chi connectivity index (χ0) is 17.9. The molecule has 0 saturated heterocycles. The highest BCUT2D eigenvalue weighted by Gasteiger charge is 2.40. The second-order valence-corrected chi connectivity index (χ2v) is 5.31. The van der Waals surface area contributed by atoms with E-state index in [1.54, 1.807) is 34.6 Å². The summed E-state index contributed by atoms with van der Waals surface area (Å²) < 4.78 is 15.1. The van der Waals surface area contributed by atoms with E-state index in [2.05, 4.69) is 15.6 Å². The Balaban J connectivity index is 2.62. The van der Waals surface area contributed by atoms with E-state index in [1.165, 1.54) is 0 Å². The fourth-order valence-electron chi connectivity index (χ4n) is 2.73. The van der Waals surface area contributed by atoms with Crippen molar-refractivity contribution >= 4 is 11.9 Å². The molecule has 0 saturated carbocycles. The predicted octanol–water partition coefficient (Wildman–Crippen LogP) is 1.74. The second-order valence-electron chi connectivity index (χ2n) is 5.31. The van der Waals surface area contributed by atoms with Crippen molar-refractivity contribution in [2.75, 3.05) is 13.2 Å². The maximum absolute atomic E-state index is 12.5. The summed E-state index contributed by atoms with van der Waals surface area (Å²) in [7, 11) is 0. The van der Waals surface area contributed by atoms with Crippen molar-refractivity contribution in [2.24, 2.45) is 0 Å². The standard InChI is InChI=1S/C16H21N3O5/c1-6-22-15(20)11-8(3)17-9(4)12(16(21)23-7-2)13(11)14-10(5)18-24-19-14/h13,17H,6-7H2,1-5H3. The van der Waals surface area contributed by atoms with Gasteiger partial charge in [0.15, 0.2) is 0 Å². The Morgan fingerprint density at radius 3 is 1.88 bits per heavy atom. The van der Waals surface area contributed by atoms with Crippen molar-refractivity contribution in [3.8, 4) is 0 Å². The molecular formula is C16H21N3O5. The van der Waals surface area contributed by atoms with Crippen LogP contribution in [-0.4, -0.2) is 35.5 Å². The van der Waals surface area contributed by atoms with Crippen LogP contribution >= 0.6 is 0 Å². The van der Waals surface area contributed by atoms with Crippen LogP contribution in [0.2, 0.25) is 0 Å². The maximum Gasteiger partial charge on any atom is 0.336 e. The van der Waals surface area contributed by atoms with Gasteiger partial charge in [-0.15, -0.1) is 0 Å². The molecule has 0 unspecified atom stereocenters. The number of esters is 2. The third-order valence-electron chi connectivity index (χ3n) is 3.71. The maximum atomic E-state index is 12.5. The van der Waals surface area contributed by atoms with Gasteiger partial charge in [0.25, 0.3) is 0 Å².